The van der Waals surface area contributed by atoms with Crippen LogP contribution in [0.5, 0.6) is 5.75 Å². The van der Waals surface area contributed by atoms with E-state index in [0.29, 0.717) is 37.2 Å². The largest absolute Gasteiger partial charge is 0.489 e. The van der Waals surface area contributed by atoms with E-state index in [2.05, 4.69) is 10.2 Å². The van der Waals surface area contributed by atoms with Crippen LogP contribution in [-0.2, 0) is 4.74 Å². The van der Waals surface area contributed by atoms with Crippen LogP contribution in [0.1, 0.15) is 67.2 Å². The van der Waals surface area contributed by atoms with Gasteiger partial charge in [0.1, 0.15) is 17.5 Å². The molecule has 0 atom stereocenters. The number of carbonyl (C=O) groups is 3. The molecular weight excluding hydrogens is 482 g/mol. The van der Waals surface area contributed by atoms with Crippen molar-refractivity contribution in [3.05, 3.63) is 40.1 Å². The Kier molecular flexibility index (Phi) is 7.73. The molecule has 2 aromatic rings. The molecule has 10 heteroatoms. The number of carbonyl (C=O) groups excluding carboxylic acids is 2. The summed E-state index contributed by atoms with van der Waals surface area (Å²) in [6, 6.07) is 5.54. The number of likely N-dealkylation sites (tertiary alicyclic amines) is 1. The van der Waals surface area contributed by atoms with Crippen molar-refractivity contribution in [2.75, 3.05) is 36.4 Å². The number of piperidine rings is 1. The first-order chi connectivity index (χ1) is 17.1. The minimum atomic E-state index is -1.09. The first kappa shape index (κ1) is 25.8. The lowest BCUT2D eigenvalue weighted by atomic mass is 10.1. The summed E-state index contributed by atoms with van der Waals surface area (Å²) in [6.45, 7) is 8.45. The van der Waals surface area contributed by atoms with Crippen molar-refractivity contribution < 1.29 is 29.0 Å². The van der Waals surface area contributed by atoms with Gasteiger partial charge in [-0.15, -0.1) is 11.3 Å². The van der Waals surface area contributed by atoms with Crippen LogP contribution in [0.3, 0.4) is 0 Å². The lowest BCUT2D eigenvalue weighted by Gasteiger charge is -2.34. The van der Waals surface area contributed by atoms with Crippen LogP contribution < -0.4 is 15.0 Å². The van der Waals surface area contributed by atoms with Crippen molar-refractivity contribution >= 4 is 40.7 Å². The molecule has 36 heavy (non-hydrogen) atoms. The van der Waals surface area contributed by atoms with E-state index in [1.807, 2.05) is 32.9 Å². The minimum Gasteiger partial charge on any atom is -0.489 e. The molecular formula is C26H33N3O6S. The maximum Gasteiger partial charge on any atom is 0.410 e. The van der Waals surface area contributed by atoms with Gasteiger partial charge in [0.05, 0.1) is 16.8 Å². The highest BCUT2D eigenvalue weighted by atomic mass is 32.1. The van der Waals surface area contributed by atoms with Gasteiger partial charge in [0, 0.05) is 61.5 Å². The second-order valence-corrected chi connectivity index (χ2v) is 10.9. The molecule has 2 aliphatic rings. The molecule has 2 fully saturated rings. The van der Waals surface area contributed by atoms with E-state index < -0.39 is 17.5 Å². The Labute approximate surface area is 215 Å². The SMILES string of the molecule is CC(C)(C)OC(=O)N1CCC(Oc2cc(N3CCCC3)ccc2C(=O)Nc2cscc2C(=O)O)CC1. The van der Waals surface area contributed by atoms with E-state index in [1.54, 1.807) is 16.3 Å². The van der Waals surface area contributed by atoms with Gasteiger partial charge in [0.2, 0.25) is 0 Å². The number of anilines is 2. The second-order valence-electron chi connectivity index (χ2n) is 10.1. The quantitative estimate of drug-likeness (QED) is 0.552. The van der Waals surface area contributed by atoms with E-state index in [9.17, 15) is 19.5 Å². The first-order valence-electron chi connectivity index (χ1n) is 12.2. The van der Waals surface area contributed by atoms with Gasteiger partial charge >= 0.3 is 12.1 Å². The number of carboxylic acid groups (broad SMARTS) is 1. The summed E-state index contributed by atoms with van der Waals surface area (Å²) in [5.74, 6) is -1.06. The second kappa shape index (κ2) is 10.8. The van der Waals surface area contributed by atoms with Gasteiger partial charge in [-0.05, 0) is 45.7 Å². The Hall–Kier alpha value is -3.27. The van der Waals surface area contributed by atoms with Crippen LogP contribution in [0.2, 0.25) is 0 Å². The number of thiophene rings is 1. The molecule has 0 bridgehead atoms. The average molecular weight is 516 g/mol. The standard InChI is InChI=1S/C26H33N3O6S/c1-26(2,3)35-25(33)29-12-8-18(9-13-29)34-22-14-17(28-10-4-5-11-28)6-7-19(22)23(30)27-21-16-36-15-20(21)24(31)32/h6-7,14-16,18H,4-5,8-13H2,1-3H3,(H,27,30)(H,31,32). The summed E-state index contributed by atoms with van der Waals surface area (Å²) < 4.78 is 11.8. The van der Waals surface area contributed by atoms with Crippen LogP contribution in [0.25, 0.3) is 0 Å². The molecule has 2 N–H and O–H groups in total. The molecule has 194 valence electrons. The topological polar surface area (TPSA) is 108 Å². The molecule has 0 aliphatic carbocycles. The number of aromatic carboxylic acids is 1. The minimum absolute atomic E-state index is 0.0546. The lowest BCUT2D eigenvalue weighted by molar-refractivity contribution is 0.0126. The number of ether oxygens (including phenoxy) is 2. The monoisotopic (exact) mass is 515 g/mol. The number of rotatable bonds is 6. The molecule has 1 aromatic heterocycles. The Bertz CT molecular complexity index is 1110. The molecule has 4 rings (SSSR count). The molecule has 0 spiro atoms. The van der Waals surface area contributed by atoms with Crippen LogP contribution in [0, 0.1) is 0 Å². The van der Waals surface area contributed by atoms with E-state index in [-0.39, 0.29) is 23.4 Å². The summed E-state index contributed by atoms with van der Waals surface area (Å²) in [5, 5.41) is 15.2. The third-order valence-electron chi connectivity index (χ3n) is 6.21. The van der Waals surface area contributed by atoms with Crippen molar-refractivity contribution in [1.82, 2.24) is 4.90 Å². The maximum absolute atomic E-state index is 13.2. The van der Waals surface area contributed by atoms with Gasteiger partial charge in [-0.1, -0.05) is 0 Å². The fraction of sp³-hybridized carbons (Fsp3) is 0.500. The van der Waals surface area contributed by atoms with E-state index in [1.165, 1.54) is 16.7 Å². The number of nitrogens with zero attached hydrogens (tertiary/aromatic N) is 2. The van der Waals surface area contributed by atoms with Crippen molar-refractivity contribution in [3.8, 4) is 5.75 Å². The number of amides is 2. The van der Waals surface area contributed by atoms with Gasteiger partial charge < -0.3 is 29.7 Å². The summed E-state index contributed by atoms with van der Waals surface area (Å²) in [7, 11) is 0. The third kappa shape index (κ3) is 6.29. The van der Waals surface area contributed by atoms with Crippen LogP contribution >= 0.6 is 11.3 Å². The molecule has 1 aromatic carbocycles. The molecule has 0 unspecified atom stereocenters. The highest BCUT2D eigenvalue weighted by Crippen LogP contribution is 2.32. The van der Waals surface area contributed by atoms with Gasteiger partial charge in [-0.25, -0.2) is 9.59 Å². The third-order valence-corrected chi connectivity index (χ3v) is 6.95. The highest BCUT2D eigenvalue weighted by molar-refractivity contribution is 7.08. The van der Waals surface area contributed by atoms with Gasteiger partial charge in [-0.2, -0.15) is 0 Å². The lowest BCUT2D eigenvalue weighted by Crippen LogP contribution is -2.44. The Morgan fingerprint density at radius 3 is 2.36 bits per heavy atom. The van der Waals surface area contributed by atoms with Crippen LogP contribution in [-0.4, -0.2) is 65.9 Å². The smallest absolute Gasteiger partial charge is 0.410 e. The number of hydrogen-bond donors (Lipinski definition) is 2. The van der Waals surface area contributed by atoms with Gasteiger partial charge in [0.25, 0.3) is 5.91 Å². The molecule has 2 amide bonds. The predicted molar refractivity (Wildman–Crippen MR) is 139 cm³/mol. The summed E-state index contributed by atoms with van der Waals surface area (Å²) in [5.41, 5.74) is 1.10. The zero-order valence-corrected chi connectivity index (χ0v) is 21.7. The van der Waals surface area contributed by atoms with Gasteiger partial charge in [0.15, 0.2) is 0 Å². The van der Waals surface area contributed by atoms with Crippen molar-refractivity contribution in [1.29, 1.82) is 0 Å². The van der Waals surface area contributed by atoms with Crippen molar-refractivity contribution in [2.45, 2.75) is 58.2 Å². The molecule has 0 saturated carbocycles. The molecule has 3 heterocycles. The number of nitrogens with one attached hydrogen (secondary N) is 1. The average Bonchev–Trinajstić information content (AvgIpc) is 3.51. The zero-order chi connectivity index (χ0) is 25.9. The Balaban J connectivity index is 1.50. The molecule has 0 radical (unpaired) electrons. The highest BCUT2D eigenvalue weighted by Gasteiger charge is 2.29. The summed E-state index contributed by atoms with van der Waals surface area (Å²) in [4.78, 5) is 41.0. The fourth-order valence-electron chi connectivity index (χ4n) is 4.38. The van der Waals surface area contributed by atoms with Gasteiger partial charge in [-0.3, -0.25) is 4.79 Å². The van der Waals surface area contributed by atoms with Crippen molar-refractivity contribution in [2.24, 2.45) is 0 Å². The molecule has 2 aliphatic heterocycles. The fourth-order valence-corrected chi connectivity index (χ4v) is 5.13. The van der Waals surface area contributed by atoms with Crippen LogP contribution in [0.4, 0.5) is 16.2 Å². The number of hydrogen-bond acceptors (Lipinski definition) is 7. The Morgan fingerprint density at radius 1 is 1.03 bits per heavy atom. The zero-order valence-electron chi connectivity index (χ0n) is 20.9. The van der Waals surface area contributed by atoms with E-state index in [4.69, 9.17) is 9.47 Å². The van der Waals surface area contributed by atoms with E-state index >= 15 is 0 Å². The summed E-state index contributed by atoms with van der Waals surface area (Å²) >= 11 is 1.21. The van der Waals surface area contributed by atoms with E-state index in [0.717, 1.165) is 31.6 Å². The first-order valence-corrected chi connectivity index (χ1v) is 13.2. The molecule has 9 nitrogen and oxygen atoms in total. The maximum atomic E-state index is 13.2. The normalized spacial score (nSPS) is 16.6. The van der Waals surface area contributed by atoms with Crippen LogP contribution in [0.15, 0.2) is 29.0 Å². The summed E-state index contributed by atoms with van der Waals surface area (Å²) in [6.07, 6.45) is 2.97. The number of carboxylic acids is 1. The van der Waals surface area contributed by atoms with Crippen molar-refractivity contribution in [3.63, 3.8) is 0 Å². The molecule has 2 saturated heterocycles. The number of benzene rings is 1. The Morgan fingerprint density at radius 2 is 1.72 bits per heavy atom. The predicted octanol–water partition coefficient (Wildman–Crippen LogP) is 5.08.